The molecule has 118 valence electrons. The molecule has 0 aromatic heterocycles. The zero-order valence-corrected chi connectivity index (χ0v) is 15.1. The predicted octanol–water partition coefficient (Wildman–Crippen LogP) is 3.42. The van der Waals surface area contributed by atoms with E-state index in [-0.39, 0.29) is 16.6 Å². The molecule has 0 radical (unpaired) electrons. The molecule has 0 heterocycles. The van der Waals surface area contributed by atoms with Crippen molar-refractivity contribution >= 4 is 57.5 Å². The van der Waals surface area contributed by atoms with Crippen molar-refractivity contribution in [1.29, 1.82) is 0 Å². The molecule has 5 nitrogen and oxygen atoms in total. The lowest BCUT2D eigenvalue weighted by atomic mass is 10.1. The van der Waals surface area contributed by atoms with Crippen LogP contribution in [-0.4, -0.2) is 22.1 Å². The molecule has 0 saturated heterocycles. The lowest BCUT2D eigenvalue weighted by molar-refractivity contribution is 0.0697. The number of aromatic carboxylic acids is 1. The molecule has 1 amide bonds. The van der Waals surface area contributed by atoms with Gasteiger partial charge in [0.1, 0.15) is 0 Å². The van der Waals surface area contributed by atoms with Crippen LogP contribution < -0.4 is 10.6 Å². The Morgan fingerprint density at radius 1 is 1.13 bits per heavy atom. The monoisotopic (exact) mass is 440 g/mol. The van der Waals surface area contributed by atoms with Crippen LogP contribution >= 0.6 is 34.8 Å². The molecule has 0 spiro atoms. The number of thiocarbonyl (C=S) groups is 1. The zero-order valence-electron chi connectivity index (χ0n) is 12.1. The first-order valence-electron chi connectivity index (χ1n) is 6.58. The van der Waals surface area contributed by atoms with Crippen molar-refractivity contribution in [3.05, 3.63) is 62.7 Å². The minimum absolute atomic E-state index is 0.0410. The van der Waals surface area contributed by atoms with Crippen LogP contribution in [0.5, 0.6) is 0 Å². The number of amides is 1. The van der Waals surface area contributed by atoms with E-state index in [1.165, 1.54) is 6.07 Å². The van der Waals surface area contributed by atoms with Gasteiger partial charge in [0.25, 0.3) is 5.91 Å². The first kappa shape index (κ1) is 17.4. The Labute approximate surface area is 152 Å². The Hall–Kier alpha value is -2.00. The quantitative estimate of drug-likeness (QED) is 0.504. The molecule has 0 bridgehead atoms. The maximum atomic E-state index is 12.1. The fraction of sp³-hybridized carbons (Fsp3) is 0.0625. The van der Waals surface area contributed by atoms with Gasteiger partial charge in [-0.25, -0.2) is 4.79 Å². The Morgan fingerprint density at radius 3 is 2.39 bits per heavy atom. The van der Waals surface area contributed by atoms with Crippen molar-refractivity contribution in [2.24, 2.45) is 0 Å². The van der Waals surface area contributed by atoms with Crippen LogP contribution in [0.1, 0.15) is 26.3 Å². The van der Waals surface area contributed by atoms with Crippen molar-refractivity contribution in [3.8, 4) is 0 Å². The van der Waals surface area contributed by atoms with Gasteiger partial charge in [0.15, 0.2) is 5.11 Å². The fourth-order valence-corrected chi connectivity index (χ4v) is 2.53. The molecule has 2 aromatic carbocycles. The summed E-state index contributed by atoms with van der Waals surface area (Å²) in [6.07, 6.45) is 0. The number of rotatable bonds is 3. The van der Waals surface area contributed by atoms with Gasteiger partial charge in [-0.1, -0.05) is 17.7 Å². The molecular weight excluding hydrogens is 427 g/mol. The number of carboxylic acids is 1. The van der Waals surface area contributed by atoms with Gasteiger partial charge >= 0.3 is 5.97 Å². The van der Waals surface area contributed by atoms with E-state index in [0.717, 1.165) is 9.13 Å². The number of hydrogen-bond donors (Lipinski definition) is 3. The summed E-state index contributed by atoms with van der Waals surface area (Å²) in [5, 5.41) is 14.5. The smallest absolute Gasteiger partial charge is 0.337 e. The van der Waals surface area contributed by atoms with E-state index in [9.17, 15) is 14.7 Å². The summed E-state index contributed by atoms with van der Waals surface area (Å²) in [5.41, 5.74) is 1.93. The molecule has 7 heteroatoms. The summed E-state index contributed by atoms with van der Waals surface area (Å²) in [6, 6.07) is 11.9. The maximum Gasteiger partial charge on any atom is 0.337 e. The SMILES string of the molecule is Cc1ccc(C(=O)NC(=S)Nc2ccc(I)cc2C(=O)O)cc1. The first-order valence-corrected chi connectivity index (χ1v) is 8.07. The molecule has 0 aliphatic heterocycles. The van der Waals surface area contributed by atoms with Gasteiger partial charge in [-0.3, -0.25) is 10.1 Å². The number of carboxylic acid groups (broad SMARTS) is 1. The predicted molar refractivity (Wildman–Crippen MR) is 101 cm³/mol. The van der Waals surface area contributed by atoms with Crippen LogP contribution in [0, 0.1) is 10.5 Å². The highest BCUT2D eigenvalue weighted by Crippen LogP contribution is 2.19. The number of hydrogen-bond acceptors (Lipinski definition) is 3. The number of anilines is 1. The molecule has 0 unspecified atom stereocenters. The Kier molecular flexibility index (Phi) is 5.67. The number of benzene rings is 2. The Balaban J connectivity index is 2.09. The summed E-state index contributed by atoms with van der Waals surface area (Å²) in [4.78, 5) is 23.3. The summed E-state index contributed by atoms with van der Waals surface area (Å²) in [6.45, 7) is 1.93. The molecule has 23 heavy (non-hydrogen) atoms. The van der Waals surface area contributed by atoms with Crippen LogP contribution in [-0.2, 0) is 0 Å². The molecule has 2 rings (SSSR count). The van der Waals surface area contributed by atoms with Crippen LogP contribution in [0.4, 0.5) is 5.69 Å². The average Bonchev–Trinajstić information content (AvgIpc) is 2.49. The molecule has 3 N–H and O–H groups in total. The van der Waals surface area contributed by atoms with Gasteiger partial charge in [-0.2, -0.15) is 0 Å². The molecular formula is C16H13IN2O3S. The van der Waals surface area contributed by atoms with Crippen LogP contribution in [0.25, 0.3) is 0 Å². The summed E-state index contributed by atoms with van der Waals surface area (Å²) < 4.78 is 0.792. The van der Waals surface area contributed by atoms with Crippen LogP contribution in [0.15, 0.2) is 42.5 Å². The van der Waals surface area contributed by atoms with Gasteiger partial charge in [0, 0.05) is 9.13 Å². The second-order valence-corrected chi connectivity index (χ2v) is 6.42. The van der Waals surface area contributed by atoms with Crippen molar-refractivity contribution in [2.45, 2.75) is 6.92 Å². The Morgan fingerprint density at radius 2 is 1.78 bits per heavy atom. The van der Waals surface area contributed by atoms with E-state index >= 15 is 0 Å². The molecule has 0 aliphatic rings. The molecule has 2 aromatic rings. The normalized spacial score (nSPS) is 10.0. The van der Waals surface area contributed by atoms with Crippen molar-refractivity contribution < 1.29 is 14.7 Å². The third-order valence-corrected chi connectivity index (χ3v) is 3.88. The first-order chi connectivity index (χ1) is 10.9. The maximum absolute atomic E-state index is 12.1. The fourth-order valence-electron chi connectivity index (χ4n) is 1.84. The molecule has 0 saturated carbocycles. The number of carbonyl (C=O) groups is 2. The lowest BCUT2D eigenvalue weighted by Crippen LogP contribution is -2.34. The highest BCUT2D eigenvalue weighted by atomic mass is 127. The lowest BCUT2D eigenvalue weighted by Gasteiger charge is -2.12. The molecule has 0 fully saturated rings. The van der Waals surface area contributed by atoms with E-state index < -0.39 is 5.97 Å². The van der Waals surface area contributed by atoms with E-state index in [0.29, 0.717) is 11.3 Å². The zero-order chi connectivity index (χ0) is 17.0. The molecule has 0 atom stereocenters. The largest absolute Gasteiger partial charge is 0.478 e. The van der Waals surface area contributed by atoms with Gasteiger partial charge < -0.3 is 10.4 Å². The summed E-state index contributed by atoms with van der Waals surface area (Å²) in [7, 11) is 0. The standard InChI is InChI=1S/C16H13IN2O3S/c1-9-2-4-10(5-3-9)14(20)19-16(23)18-13-7-6-11(17)8-12(13)15(21)22/h2-8H,1H3,(H,21,22)(H2,18,19,20,23). The van der Waals surface area contributed by atoms with E-state index in [1.54, 1.807) is 24.3 Å². The highest BCUT2D eigenvalue weighted by molar-refractivity contribution is 14.1. The van der Waals surface area contributed by atoms with E-state index in [2.05, 4.69) is 10.6 Å². The van der Waals surface area contributed by atoms with Crippen LogP contribution in [0.2, 0.25) is 0 Å². The average molecular weight is 440 g/mol. The molecule has 0 aliphatic carbocycles. The number of carbonyl (C=O) groups excluding carboxylic acids is 1. The third kappa shape index (κ3) is 4.73. The van der Waals surface area contributed by atoms with Gasteiger partial charge in [-0.05, 0) is 72.1 Å². The summed E-state index contributed by atoms with van der Waals surface area (Å²) >= 11 is 7.10. The Bertz CT molecular complexity index is 775. The summed E-state index contributed by atoms with van der Waals surface area (Å²) in [5.74, 6) is -1.43. The van der Waals surface area contributed by atoms with Crippen LogP contribution in [0.3, 0.4) is 0 Å². The second kappa shape index (κ2) is 7.51. The van der Waals surface area contributed by atoms with E-state index in [1.807, 2.05) is 41.6 Å². The van der Waals surface area contributed by atoms with Gasteiger partial charge in [-0.15, -0.1) is 0 Å². The second-order valence-electron chi connectivity index (χ2n) is 4.77. The van der Waals surface area contributed by atoms with Crippen molar-refractivity contribution in [2.75, 3.05) is 5.32 Å². The van der Waals surface area contributed by atoms with E-state index in [4.69, 9.17) is 12.2 Å². The minimum Gasteiger partial charge on any atom is -0.478 e. The number of nitrogens with one attached hydrogen (secondary N) is 2. The van der Waals surface area contributed by atoms with Crippen molar-refractivity contribution in [3.63, 3.8) is 0 Å². The number of aryl methyl sites for hydroxylation is 1. The third-order valence-electron chi connectivity index (χ3n) is 3.00. The number of halogens is 1. The van der Waals surface area contributed by atoms with Gasteiger partial charge in [0.2, 0.25) is 0 Å². The minimum atomic E-state index is -1.07. The van der Waals surface area contributed by atoms with Crippen molar-refractivity contribution in [1.82, 2.24) is 5.32 Å². The highest BCUT2D eigenvalue weighted by Gasteiger charge is 2.13. The van der Waals surface area contributed by atoms with Gasteiger partial charge in [0.05, 0.1) is 11.3 Å². The topological polar surface area (TPSA) is 78.4 Å².